The lowest BCUT2D eigenvalue weighted by Crippen LogP contribution is -2.50. The molecule has 1 atom stereocenters. The minimum Gasteiger partial charge on any atom is -0.355 e. The SMILES string of the molecule is CCNC(=O)[C@H](CC)N(CCc1ccccc1)C(=O)CSCc1ccc(Br)cc1. The van der Waals surface area contributed by atoms with Crippen LogP contribution in [0.4, 0.5) is 0 Å². The highest BCUT2D eigenvalue weighted by atomic mass is 79.9. The van der Waals surface area contributed by atoms with Gasteiger partial charge in [-0.1, -0.05) is 65.3 Å². The van der Waals surface area contributed by atoms with E-state index in [1.807, 2.05) is 44.2 Å². The van der Waals surface area contributed by atoms with Gasteiger partial charge in [0.1, 0.15) is 6.04 Å². The molecule has 0 aliphatic rings. The number of likely N-dealkylation sites (N-methyl/N-ethyl adjacent to an activating group) is 1. The zero-order chi connectivity index (χ0) is 21.1. The van der Waals surface area contributed by atoms with Crippen LogP contribution in [0, 0.1) is 0 Å². The zero-order valence-electron chi connectivity index (χ0n) is 17.1. The van der Waals surface area contributed by atoms with Gasteiger partial charge in [0.2, 0.25) is 11.8 Å². The van der Waals surface area contributed by atoms with E-state index in [1.54, 1.807) is 16.7 Å². The maximum absolute atomic E-state index is 13.0. The molecule has 2 aromatic carbocycles. The van der Waals surface area contributed by atoms with Crippen molar-refractivity contribution in [2.45, 2.75) is 38.5 Å². The zero-order valence-corrected chi connectivity index (χ0v) is 19.5. The van der Waals surface area contributed by atoms with Crippen LogP contribution in [-0.2, 0) is 21.8 Å². The molecule has 2 aromatic rings. The van der Waals surface area contributed by atoms with Gasteiger partial charge in [0, 0.05) is 23.3 Å². The molecule has 0 radical (unpaired) electrons. The van der Waals surface area contributed by atoms with Crippen molar-refractivity contribution in [2.75, 3.05) is 18.8 Å². The fourth-order valence-corrected chi connectivity index (χ4v) is 4.24. The van der Waals surface area contributed by atoms with Crippen molar-refractivity contribution in [1.29, 1.82) is 0 Å². The van der Waals surface area contributed by atoms with Crippen LogP contribution < -0.4 is 5.32 Å². The van der Waals surface area contributed by atoms with E-state index in [0.29, 0.717) is 25.3 Å². The van der Waals surface area contributed by atoms with Crippen molar-refractivity contribution >= 4 is 39.5 Å². The summed E-state index contributed by atoms with van der Waals surface area (Å²) in [6, 6.07) is 17.8. The standard InChI is InChI=1S/C23H29BrN2O2S/c1-3-21(23(28)25-4-2)26(15-14-18-8-6-5-7-9-18)22(27)17-29-16-19-10-12-20(24)13-11-19/h5-13,21H,3-4,14-17H2,1-2H3,(H,25,28)/t21-/m0/s1. The van der Waals surface area contributed by atoms with Crippen LogP contribution in [0.25, 0.3) is 0 Å². The summed E-state index contributed by atoms with van der Waals surface area (Å²) in [5.74, 6) is 1.07. The Bertz CT molecular complexity index is 768. The third-order valence-corrected chi connectivity index (χ3v) is 6.15. The molecule has 0 aliphatic carbocycles. The molecule has 0 aliphatic heterocycles. The number of amides is 2. The average Bonchev–Trinajstić information content (AvgIpc) is 2.73. The molecule has 0 spiro atoms. The summed E-state index contributed by atoms with van der Waals surface area (Å²) in [6.07, 6.45) is 1.34. The van der Waals surface area contributed by atoms with Gasteiger partial charge >= 0.3 is 0 Å². The van der Waals surface area contributed by atoms with Gasteiger partial charge in [-0.15, -0.1) is 11.8 Å². The van der Waals surface area contributed by atoms with E-state index >= 15 is 0 Å². The lowest BCUT2D eigenvalue weighted by molar-refractivity contribution is -0.138. The Morgan fingerprint density at radius 1 is 1.03 bits per heavy atom. The Hall–Kier alpha value is -1.79. The molecule has 29 heavy (non-hydrogen) atoms. The third kappa shape index (κ3) is 7.86. The van der Waals surface area contributed by atoms with Crippen LogP contribution in [0.3, 0.4) is 0 Å². The van der Waals surface area contributed by atoms with Crippen LogP contribution in [0.1, 0.15) is 31.4 Å². The van der Waals surface area contributed by atoms with E-state index in [0.717, 1.165) is 16.6 Å². The highest BCUT2D eigenvalue weighted by Crippen LogP contribution is 2.18. The van der Waals surface area contributed by atoms with Gasteiger partial charge in [0.25, 0.3) is 0 Å². The van der Waals surface area contributed by atoms with Gasteiger partial charge < -0.3 is 10.2 Å². The van der Waals surface area contributed by atoms with Gasteiger partial charge in [0.15, 0.2) is 0 Å². The highest BCUT2D eigenvalue weighted by molar-refractivity contribution is 9.10. The van der Waals surface area contributed by atoms with E-state index in [1.165, 1.54) is 11.1 Å². The summed E-state index contributed by atoms with van der Waals surface area (Å²) in [4.78, 5) is 27.3. The van der Waals surface area contributed by atoms with Crippen molar-refractivity contribution < 1.29 is 9.59 Å². The molecule has 0 saturated heterocycles. The molecule has 2 amide bonds. The lowest BCUT2D eigenvalue weighted by atomic mass is 10.1. The van der Waals surface area contributed by atoms with Crippen molar-refractivity contribution in [2.24, 2.45) is 0 Å². The van der Waals surface area contributed by atoms with Crippen molar-refractivity contribution in [3.8, 4) is 0 Å². The molecule has 1 N–H and O–H groups in total. The van der Waals surface area contributed by atoms with Crippen molar-refractivity contribution in [1.82, 2.24) is 10.2 Å². The number of halogens is 1. The normalized spacial score (nSPS) is 11.7. The summed E-state index contributed by atoms with van der Waals surface area (Å²) in [5, 5.41) is 2.87. The number of hydrogen-bond donors (Lipinski definition) is 1. The van der Waals surface area contributed by atoms with Crippen LogP contribution in [-0.4, -0.2) is 41.6 Å². The maximum atomic E-state index is 13.0. The molecule has 0 fully saturated rings. The number of carbonyl (C=O) groups is 2. The van der Waals surface area contributed by atoms with E-state index in [9.17, 15) is 9.59 Å². The van der Waals surface area contributed by atoms with Gasteiger partial charge in [0.05, 0.1) is 5.75 Å². The molecular formula is C23H29BrN2O2S. The summed E-state index contributed by atoms with van der Waals surface area (Å²) in [5.41, 5.74) is 2.34. The van der Waals surface area contributed by atoms with E-state index in [-0.39, 0.29) is 11.8 Å². The molecule has 0 aromatic heterocycles. The first-order valence-electron chi connectivity index (χ1n) is 9.98. The first kappa shape index (κ1) is 23.5. The molecule has 2 rings (SSSR count). The summed E-state index contributed by atoms with van der Waals surface area (Å²) >= 11 is 5.02. The van der Waals surface area contributed by atoms with Crippen LogP contribution in [0.2, 0.25) is 0 Å². The second-order valence-corrected chi connectivity index (χ2v) is 8.66. The maximum Gasteiger partial charge on any atom is 0.242 e. The first-order valence-corrected chi connectivity index (χ1v) is 11.9. The number of rotatable bonds is 11. The molecule has 0 saturated carbocycles. The average molecular weight is 477 g/mol. The summed E-state index contributed by atoms with van der Waals surface area (Å²) < 4.78 is 1.04. The molecule has 0 unspecified atom stereocenters. The molecule has 156 valence electrons. The quantitative estimate of drug-likeness (QED) is 0.512. The Labute approximate surface area is 186 Å². The van der Waals surface area contributed by atoms with Crippen LogP contribution >= 0.6 is 27.7 Å². The molecule has 4 nitrogen and oxygen atoms in total. The predicted octanol–water partition coefficient (Wildman–Crippen LogP) is 4.67. The number of carbonyl (C=O) groups excluding carboxylic acids is 2. The topological polar surface area (TPSA) is 49.4 Å². The summed E-state index contributed by atoms with van der Waals surface area (Å²) in [6.45, 7) is 4.96. The number of nitrogens with zero attached hydrogens (tertiary/aromatic N) is 1. The number of benzene rings is 2. The van der Waals surface area contributed by atoms with Gasteiger partial charge in [-0.05, 0) is 43.0 Å². The fraction of sp³-hybridized carbons (Fsp3) is 0.391. The van der Waals surface area contributed by atoms with E-state index in [4.69, 9.17) is 0 Å². The van der Waals surface area contributed by atoms with E-state index < -0.39 is 6.04 Å². The largest absolute Gasteiger partial charge is 0.355 e. The minimum atomic E-state index is -0.431. The molecule has 6 heteroatoms. The molecular weight excluding hydrogens is 448 g/mol. The smallest absolute Gasteiger partial charge is 0.242 e. The number of thioether (sulfide) groups is 1. The number of nitrogens with one attached hydrogen (secondary N) is 1. The molecule has 0 bridgehead atoms. The lowest BCUT2D eigenvalue weighted by Gasteiger charge is -2.30. The third-order valence-electron chi connectivity index (χ3n) is 4.63. The van der Waals surface area contributed by atoms with Gasteiger partial charge in [-0.25, -0.2) is 0 Å². The van der Waals surface area contributed by atoms with Crippen molar-refractivity contribution in [3.63, 3.8) is 0 Å². The Balaban J connectivity index is 2.02. The monoisotopic (exact) mass is 476 g/mol. The number of hydrogen-bond acceptors (Lipinski definition) is 3. The van der Waals surface area contributed by atoms with Crippen LogP contribution in [0.5, 0.6) is 0 Å². The fourth-order valence-electron chi connectivity index (χ4n) is 3.11. The highest BCUT2D eigenvalue weighted by Gasteiger charge is 2.27. The second kappa shape index (κ2) is 12.7. The first-order chi connectivity index (χ1) is 14.0. The van der Waals surface area contributed by atoms with E-state index in [2.05, 4.69) is 45.5 Å². The predicted molar refractivity (Wildman–Crippen MR) is 125 cm³/mol. The Morgan fingerprint density at radius 3 is 2.34 bits per heavy atom. The van der Waals surface area contributed by atoms with Gasteiger partial charge in [-0.3, -0.25) is 9.59 Å². The van der Waals surface area contributed by atoms with Crippen molar-refractivity contribution in [3.05, 3.63) is 70.2 Å². The molecule has 0 heterocycles. The minimum absolute atomic E-state index is 0.0149. The van der Waals surface area contributed by atoms with Crippen LogP contribution in [0.15, 0.2) is 59.1 Å². The summed E-state index contributed by atoms with van der Waals surface area (Å²) in [7, 11) is 0. The second-order valence-electron chi connectivity index (χ2n) is 6.76. The van der Waals surface area contributed by atoms with Gasteiger partial charge in [-0.2, -0.15) is 0 Å². The Kier molecular flexibility index (Phi) is 10.3. The Morgan fingerprint density at radius 2 is 1.72 bits per heavy atom.